The van der Waals surface area contributed by atoms with E-state index in [1.54, 1.807) is 12.1 Å². The molecule has 1 aliphatic heterocycles. The largest absolute Gasteiger partial charge is 0.493 e. The molecule has 0 amide bonds. The van der Waals surface area contributed by atoms with Crippen molar-refractivity contribution in [2.24, 2.45) is 5.92 Å². The van der Waals surface area contributed by atoms with Crippen LogP contribution < -0.4 is 14.2 Å². The van der Waals surface area contributed by atoms with E-state index in [-0.39, 0.29) is 11.8 Å². The molecular weight excluding hydrogens is 485 g/mol. The van der Waals surface area contributed by atoms with Crippen LogP contribution in [0.15, 0.2) is 60.7 Å². The molecule has 0 N–H and O–H groups in total. The molecular formula is C31H36FNO5. The Morgan fingerprint density at radius 1 is 0.921 bits per heavy atom. The van der Waals surface area contributed by atoms with Crippen LogP contribution in [-0.4, -0.2) is 50.9 Å². The van der Waals surface area contributed by atoms with E-state index in [9.17, 15) is 9.18 Å². The van der Waals surface area contributed by atoms with Crippen LogP contribution in [0.4, 0.5) is 4.39 Å². The van der Waals surface area contributed by atoms with Crippen molar-refractivity contribution in [1.82, 2.24) is 4.90 Å². The highest BCUT2D eigenvalue weighted by Gasteiger charge is 2.28. The number of hydrogen-bond donors (Lipinski definition) is 0. The van der Waals surface area contributed by atoms with Gasteiger partial charge in [-0.3, -0.25) is 9.69 Å². The zero-order chi connectivity index (χ0) is 26.9. The number of rotatable bonds is 13. The van der Waals surface area contributed by atoms with Gasteiger partial charge in [0.05, 0.1) is 32.5 Å². The van der Waals surface area contributed by atoms with Crippen molar-refractivity contribution in [1.29, 1.82) is 0 Å². The van der Waals surface area contributed by atoms with Crippen LogP contribution >= 0.6 is 0 Å². The smallest absolute Gasteiger partial charge is 0.305 e. The fourth-order valence-electron chi connectivity index (χ4n) is 4.70. The second kappa shape index (κ2) is 13.3. The van der Waals surface area contributed by atoms with Gasteiger partial charge in [0.1, 0.15) is 23.1 Å². The van der Waals surface area contributed by atoms with Crippen molar-refractivity contribution in [2.75, 3.05) is 40.0 Å². The van der Waals surface area contributed by atoms with E-state index < -0.39 is 0 Å². The Hall–Kier alpha value is -3.58. The summed E-state index contributed by atoms with van der Waals surface area (Å²) in [6.07, 6.45) is 0.993. The SMILES string of the molecule is CCOc1cc(CN2CC(COc3cccc(CCC(=O)OC)c3)C2)cc(OCC)c1-c1ccc(F)cc1. The molecule has 0 aromatic heterocycles. The Kier molecular flexibility index (Phi) is 9.60. The first-order valence-corrected chi connectivity index (χ1v) is 13.2. The van der Waals surface area contributed by atoms with Crippen LogP contribution in [0, 0.1) is 11.7 Å². The third-order valence-electron chi connectivity index (χ3n) is 6.53. The fraction of sp³-hybridized carbons (Fsp3) is 0.387. The minimum absolute atomic E-state index is 0.210. The van der Waals surface area contributed by atoms with Crippen molar-refractivity contribution < 1.29 is 28.1 Å². The summed E-state index contributed by atoms with van der Waals surface area (Å²) in [4.78, 5) is 13.8. The molecule has 4 rings (SSSR count). The molecule has 3 aromatic rings. The molecule has 3 aromatic carbocycles. The maximum absolute atomic E-state index is 13.5. The molecule has 7 heteroatoms. The quantitative estimate of drug-likeness (QED) is 0.261. The van der Waals surface area contributed by atoms with Crippen LogP contribution in [-0.2, 0) is 22.5 Å². The predicted molar refractivity (Wildman–Crippen MR) is 145 cm³/mol. The van der Waals surface area contributed by atoms with Gasteiger partial charge in [-0.2, -0.15) is 0 Å². The summed E-state index contributed by atoms with van der Waals surface area (Å²) in [5.74, 6) is 2.27. The second-order valence-corrected chi connectivity index (χ2v) is 9.43. The minimum Gasteiger partial charge on any atom is -0.493 e. The van der Waals surface area contributed by atoms with E-state index in [1.165, 1.54) is 19.2 Å². The van der Waals surface area contributed by atoms with Crippen molar-refractivity contribution in [2.45, 2.75) is 33.2 Å². The molecule has 1 heterocycles. The number of nitrogens with zero attached hydrogens (tertiary/aromatic N) is 1. The number of aryl methyl sites for hydroxylation is 1. The fourth-order valence-corrected chi connectivity index (χ4v) is 4.70. The molecule has 1 aliphatic rings. The van der Waals surface area contributed by atoms with E-state index in [1.807, 2.05) is 38.1 Å². The van der Waals surface area contributed by atoms with E-state index in [0.717, 1.165) is 59.1 Å². The highest BCUT2D eigenvalue weighted by atomic mass is 19.1. The van der Waals surface area contributed by atoms with Gasteiger partial charge < -0.3 is 18.9 Å². The number of benzene rings is 3. The average Bonchev–Trinajstić information content (AvgIpc) is 2.90. The number of methoxy groups -OCH3 is 1. The summed E-state index contributed by atoms with van der Waals surface area (Å²) >= 11 is 0. The predicted octanol–water partition coefficient (Wildman–Crippen LogP) is 5.91. The van der Waals surface area contributed by atoms with Gasteiger partial charge in [-0.25, -0.2) is 4.39 Å². The van der Waals surface area contributed by atoms with Gasteiger partial charge in [-0.15, -0.1) is 0 Å². The zero-order valence-corrected chi connectivity index (χ0v) is 22.4. The summed E-state index contributed by atoms with van der Waals surface area (Å²) in [6, 6.07) is 18.4. The number of esters is 1. The Labute approximate surface area is 224 Å². The third kappa shape index (κ3) is 7.25. The van der Waals surface area contributed by atoms with Crippen molar-refractivity contribution in [3.05, 3.63) is 77.6 Å². The Bertz CT molecular complexity index is 1180. The normalized spacial score (nSPS) is 13.6. The van der Waals surface area contributed by atoms with Crippen LogP contribution in [0.2, 0.25) is 0 Å². The Balaban J connectivity index is 1.35. The minimum atomic E-state index is -0.274. The summed E-state index contributed by atoms with van der Waals surface area (Å²) < 4.78 is 36.3. The number of halogens is 1. The van der Waals surface area contributed by atoms with E-state index in [0.29, 0.717) is 38.6 Å². The molecule has 0 bridgehead atoms. The number of carbonyl (C=O) groups is 1. The van der Waals surface area contributed by atoms with Crippen LogP contribution in [0.1, 0.15) is 31.4 Å². The van der Waals surface area contributed by atoms with Crippen LogP contribution in [0.3, 0.4) is 0 Å². The summed E-state index contributed by atoms with van der Waals surface area (Å²) in [5.41, 5.74) is 3.88. The van der Waals surface area contributed by atoms with Gasteiger partial charge >= 0.3 is 5.97 Å². The topological polar surface area (TPSA) is 57.2 Å². The van der Waals surface area contributed by atoms with E-state index >= 15 is 0 Å². The van der Waals surface area contributed by atoms with Crippen LogP contribution in [0.5, 0.6) is 17.2 Å². The Morgan fingerprint density at radius 3 is 2.24 bits per heavy atom. The zero-order valence-electron chi connectivity index (χ0n) is 22.4. The highest BCUT2D eigenvalue weighted by Crippen LogP contribution is 2.40. The monoisotopic (exact) mass is 521 g/mol. The first-order chi connectivity index (χ1) is 18.5. The number of hydrogen-bond acceptors (Lipinski definition) is 6. The lowest BCUT2D eigenvalue weighted by atomic mass is 9.98. The number of ether oxygens (including phenoxy) is 4. The summed E-state index contributed by atoms with van der Waals surface area (Å²) in [5, 5.41) is 0. The molecule has 0 unspecified atom stereocenters. The lowest BCUT2D eigenvalue weighted by Gasteiger charge is -2.39. The molecule has 1 fully saturated rings. The van der Waals surface area contributed by atoms with Gasteiger partial charge in [0, 0.05) is 32.0 Å². The van der Waals surface area contributed by atoms with E-state index in [4.69, 9.17) is 18.9 Å². The standard InChI is InChI=1S/C31H36FNO5/c1-4-36-28-16-23(17-29(37-5-2)31(28)25-10-12-26(32)13-11-25)18-33-19-24(20-33)21-38-27-8-6-7-22(15-27)9-14-30(34)35-3/h6-8,10-13,15-17,24H,4-5,9,14,18-21H2,1-3H3. The molecule has 202 valence electrons. The molecule has 0 radical (unpaired) electrons. The average molecular weight is 522 g/mol. The van der Waals surface area contributed by atoms with Gasteiger partial charge in [0.25, 0.3) is 0 Å². The molecule has 0 spiro atoms. The maximum Gasteiger partial charge on any atom is 0.305 e. The summed E-state index contributed by atoms with van der Waals surface area (Å²) in [6.45, 7) is 8.27. The number of carbonyl (C=O) groups excluding carboxylic acids is 1. The number of likely N-dealkylation sites (tertiary alicyclic amines) is 1. The Morgan fingerprint density at radius 2 is 1.61 bits per heavy atom. The second-order valence-electron chi connectivity index (χ2n) is 9.43. The molecule has 1 saturated heterocycles. The maximum atomic E-state index is 13.5. The highest BCUT2D eigenvalue weighted by molar-refractivity contribution is 5.77. The first kappa shape index (κ1) is 27.5. The molecule has 0 aliphatic carbocycles. The van der Waals surface area contributed by atoms with E-state index in [2.05, 4.69) is 17.0 Å². The molecule has 0 saturated carbocycles. The van der Waals surface area contributed by atoms with Gasteiger partial charge in [0.15, 0.2) is 0 Å². The molecule has 6 nitrogen and oxygen atoms in total. The van der Waals surface area contributed by atoms with Crippen molar-refractivity contribution >= 4 is 5.97 Å². The van der Waals surface area contributed by atoms with Crippen molar-refractivity contribution in [3.8, 4) is 28.4 Å². The summed E-state index contributed by atoms with van der Waals surface area (Å²) in [7, 11) is 1.41. The molecule has 38 heavy (non-hydrogen) atoms. The third-order valence-corrected chi connectivity index (χ3v) is 6.53. The lowest BCUT2D eigenvalue weighted by Crippen LogP contribution is -2.48. The molecule has 0 atom stereocenters. The van der Waals surface area contributed by atoms with Gasteiger partial charge in [-0.05, 0) is 73.4 Å². The van der Waals surface area contributed by atoms with Gasteiger partial charge in [-0.1, -0.05) is 24.3 Å². The van der Waals surface area contributed by atoms with Crippen molar-refractivity contribution in [3.63, 3.8) is 0 Å². The lowest BCUT2D eigenvalue weighted by molar-refractivity contribution is -0.140. The first-order valence-electron chi connectivity index (χ1n) is 13.2. The van der Waals surface area contributed by atoms with Gasteiger partial charge in [0.2, 0.25) is 0 Å². The van der Waals surface area contributed by atoms with Crippen LogP contribution in [0.25, 0.3) is 11.1 Å².